The number of carbonyl (C=O) groups excluding carboxylic acids is 1. The minimum atomic E-state index is -1.43. The van der Waals surface area contributed by atoms with E-state index in [-0.39, 0.29) is 32.2 Å². The van der Waals surface area contributed by atoms with E-state index in [9.17, 15) is 9.90 Å². The van der Waals surface area contributed by atoms with Crippen LogP contribution < -0.4 is 18.9 Å². The molecule has 2 aromatic carbocycles. The monoisotopic (exact) mass is 368 g/mol. The molecule has 0 amide bonds. The first-order chi connectivity index (χ1) is 13.1. The Bertz CT molecular complexity index is 965. The fraction of sp³-hybridized carbons (Fsp3) is 0.250. The van der Waals surface area contributed by atoms with Crippen molar-refractivity contribution >= 4 is 12.0 Å². The summed E-state index contributed by atoms with van der Waals surface area (Å²) in [6, 6.07) is 10.8. The summed E-state index contributed by atoms with van der Waals surface area (Å²) in [4.78, 5) is 12.3. The number of ether oxygens (including phenoxy) is 5. The quantitative estimate of drug-likeness (QED) is 0.656. The first kappa shape index (κ1) is 16.0. The van der Waals surface area contributed by atoms with E-state index < -0.39 is 11.6 Å². The van der Waals surface area contributed by atoms with Crippen LogP contribution in [-0.4, -0.2) is 36.9 Å². The molecular weight excluding hydrogens is 352 g/mol. The summed E-state index contributed by atoms with van der Waals surface area (Å²) in [5.74, 6) is 2.02. The lowest BCUT2D eigenvalue weighted by Gasteiger charge is -2.21. The minimum absolute atomic E-state index is 0.101. The fourth-order valence-corrected chi connectivity index (χ4v) is 3.43. The lowest BCUT2D eigenvalue weighted by atomic mass is 9.88. The van der Waals surface area contributed by atoms with Gasteiger partial charge in [-0.2, -0.15) is 0 Å². The highest BCUT2D eigenvalue weighted by molar-refractivity contribution is 5.98. The number of hydrogen-bond donors (Lipinski definition) is 1. The maximum atomic E-state index is 12.3. The average Bonchev–Trinajstić information content (AvgIpc) is 3.37. The molecule has 7 heteroatoms. The average molecular weight is 368 g/mol. The Morgan fingerprint density at radius 2 is 1.56 bits per heavy atom. The van der Waals surface area contributed by atoms with Crippen molar-refractivity contribution in [3.63, 3.8) is 0 Å². The molecule has 138 valence electrons. The van der Waals surface area contributed by atoms with Gasteiger partial charge in [0.1, 0.15) is 12.2 Å². The van der Waals surface area contributed by atoms with Crippen molar-refractivity contribution in [3.8, 4) is 23.0 Å². The number of carbonyl (C=O) groups is 1. The molecule has 0 aromatic heterocycles. The highest BCUT2D eigenvalue weighted by Crippen LogP contribution is 2.38. The third kappa shape index (κ3) is 2.76. The van der Waals surface area contributed by atoms with Crippen LogP contribution in [0.25, 0.3) is 6.08 Å². The van der Waals surface area contributed by atoms with Crippen molar-refractivity contribution in [2.24, 2.45) is 0 Å². The zero-order valence-corrected chi connectivity index (χ0v) is 14.3. The first-order valence-corrected chi connectivity index (χ1v) is 8.51. The molecule has 5 rings (SSSR count). The molecule has 3 heterocycles. The summed E-state index contributed by atoms with van der Waals surface area (Å²) < 4.78 is 26.5. The number of benzene rings is 2. The van der Waals surface area contributed by atoms with Crippen molar-refractivity contribution in [1.82, 2.24) is 0 Å². The van der Waals surface area contributed by atoms with Gasteiger partial charge < -0.3 is 28.8 Å². The summed E-state index contributed by atoms with van der Waals surface area (Å²) in [6.07, 6.45) is 1.84. The van der Waals surface area contributed by atoms with Crippen LogP contribution in [0.5, 0.6) is 23.0 Å². The van der Waals surface area contributed by atoms with Crippen LogP contribution in [0.3, 0.4) is 0 Å². The van der Waals surface area contributed by atoms with Crippen molar-refractivity contribution in [2.75, 3.05) is 20.2 Å². The van der Waals surface area contributed by atoms with Gasteiger partial charge in [-0.25, -0.2) is 4.79 Å². The number of fused-ring (bicyclic) bond motifs is 2. The number of cyclic esters (lactones) is 1. The predicted octanol–water partition coefficient (Wildman–Crippen LogP) is 2.06. The van der Waals surface area contributed by atoms with Gasteiger partial charge in [0.05, 0.1) is 5.57 Å². The third-order valence-electron chi connectivity index (χ3n) is 4.80. The predicted molar refractivity (Wildman–Crippen MR) is 92.7 cm³/mol. The van der Waals surface area contributed by atoms with E-state index in [1.807, 2.05) is 6.07 Å². The molecule has 0 saturated carbocycles. The van der Waals surface area contributed by atoms with E-state index in [4.69, 9.17) is 23.7 Å². The second-order valence-corrected chi connectivity index (χ2v) is 6.64. The van der Waals surface area contributed by atoms with E-state index in [0.29, 0.717) is 23.0 Å². The normalized spacial score (nSPS) is 23.7. The van der Waals surface area contributed by atoms with Gasteiger partial charge in [-0.3, -0.25) is 0 Å². The lowest BCUT2D eigenvalue weighted by molar-refractivity contribution is -0.135. The van der Waals surface area contributed by atoms with Gasteiger partial charge >= 0.3 is 5.97 Å². The van der Waals surface area contributed by atoms with E-state index in [0.717, 1.165) is 11.1 Å². The number of rotatable bonds is 3. The molecule has 1 saturated heterocycles. The Kier molecular flexibility index (Phi) is 3.51. The molecule has 0 bridgehead atoms. The lowest BCUT2D eigenvalue weighted by Crippen LogP contribution is -2.34. The second kappa shape index (κ2) is 5.92. The Hall–Kier alpha value is -3.19. The molecule has 0 aliphatic carbocycles. The maximum Gasteiger partial charge on any atom is 0.337 e. The van der Waals surface area contributed by atoms with Crippen LogP contribution in [0.1, 0.15) is 11.1 Å². The fourth-order valence-electron chi connectivity index (χ4n) is 3.43. The Morgan fingerprint density at radius 3 is 2.33 bits per heavy atom. The van der Waals surface area contributed by atoms with E-state index >= 15 is 0 Å². The van der Waals surface area contributed by atoms with Crippen LogP contribution in [0.15, 0.2) is 42.0 Å². The van der Waals surface area contributed by atoms with Crippen LogP contribution >= 0.6 is 0 Å². The van der Waals surface area contributed by atoms with Crippen LogP contribution in [0.4, 0.5) is 0 Å². The minimum Gasteiger partial charge on any atom is -0.459 e. The van der Waals surface area contributed by atoms with Gasteiger partial charge in [0, 0.05) is 6.42 Å². The molecule has 0 spiro atoms. The molecule has 1 fully saturated rings. The van der Waals surface area contributed by atoms with Crippen LogP contribution in [-0.2, 0) is 16.0 Å². The molecule has 7 nitrogen and oxygen atoms in total. The molecule has 27 heavy (non-hydrogen) atoms. The Labute approximate surface area is 154 Å². The number of aliphatic hydroxyl groups is 1. The zero-order valence-electron chi connectivity index (χ0n) is 14.3. The largest absolute Gasteiger partial charge is 0.459 e. The molecule has 3 aliphatic heterocycles. The number of esters is 1. The molecule has 3 aliphatic rings. The Morgan fingerprint density at radius 1 is 0.889 bits per heavy atom. The van der Waals surface area contributed by atoms with Crippen molar-refractivity contribution < 1.29 is 33.6 Å². The van der Waals surface area contributed by atoms with Gasteiger partial charge in [0.2, 0.25) is 13.6 Å². The standard InChI is InChI=1S/C20H16O7/c21-19-14(5-12-1-3-15-17(6-12)26-10-24-15)20(22,9-23-19)8-13-2-4-16-18(7-13)27-11-25-16/h1-7,22H,8-11H2/t20-/m1/s1. The molecule has 1 atom stereocenters. The summed E-state index contributed by atoms with van der Waals surface area (Å²) in [7, 11) is 0. The van der Waals surface area contributed by atoms with E-state index in [1.165, 1.54) is 0 Å². The van der Waals surface area contributed by atoms with Gasteiger partial charge in [-0.15, -0.1) is 0 Å². The Balaban J connectivity index is 1.46. The maximum absolute atomic E-state index is 12.3. The summed E-state index contributed by atoms with van der Waals surface area (Å²) in [5, 5.41) is 11.1. The summed E-state index contributed by atoms with van der Waals surface area (Å²) in [6.45, 7) is 0.252. The van der Waals surface area contributed by atoms with Crippen molar-refractivity contribution in [1.29, 1.82) is 0 Å². The highest BCUT2D eigenvalue weighted by atomic mass is 16.7. The zero-order chi connectivity index (χ0) is 18.4. The van der Waals surface area contributed by atoms with E-state index in [1.54, 1.807) is 36.4 Å². The van der Waals surface area contributed by atoms with Gasteiger partial charge in [-0.1, -0.05) is 12.1 Å². The molecular formula is C20H16O7. The van der Waals surface area contributed by atoms with Crippen LogP contribution in [0.2, 0.25) is 0 Å². The van der Waals surface area contributed by atoms with Gasteiger partial charge in [0.15, 0.2) is 23.0 Å². The third-order valence-corrected chi connectivity index (χ3v) is 4.80. The number of hydrogen-bond acceptors (Lipinski definition) is 7. The first-order valence-electron chi connectivity index (χ1n) is 8.51. The highest BCUT2D eigenvalue weighted by Gasteiger charge is 2.44. The molecule has 1 N–H and O–H groups in total. The SMILES string of the molecule is O=C1OC[C@](O)(Cc2ccc3c(c2)OCO3)C1=Cc1ccc2c(c1)OCO2. The molecule has 2 aromatic rings. The van der Waals surface area contributed by atoms with Gasteiger partial charge in [-0.05, 0) is 41.5 Å². The van der Waals surface area contributed by atoms with Crippen LogP contribution in [0, 0.1) is 0 Å². The van der Waals surface area contributed by atoms with Crippen molar-refractivity contribution in [2.45, 2.75) is 12.0 Å². The van der Waals surface area contributed by atoms with Crippen molar-refractivity contribution in [3.05, 3.63) is 53.1 Å². The van der Waals surface area contributed by atoms with E-state index in [2.05, 4.69) is 0 Å². The second-order valence-electron chi connectivity index (χ2n) is 6.64. The topological polar surface area (TPSA) is 83.5 Å². The summed E-state index contributed by atoms with van der Waals surface area (Å²) >= 11 is 0. The molecule has 0 radical (unpaired) electrons. The molecule has 0 unspecified atom stereocenters. The summed E-state index contributed by atoms with van der Waals surface area (Å²) in [5.41, 5.74) is 0.314. The van der Waals surface area contributed by atoms with Gasteiger partial charge in [0.25, 0.3) is 0 Å². The smallest absolute Gasteiger partial charge is 0.337 e.